The average molecular weight is 302 g/mol. The van der Waals surface area contributed by atoms with E-state index >= 15 is 0 Å². The fraction of sp³-hybridized carbons (Fsp3) is 0.0667. The normalized spacial score (nSPS) is 10.6. The van der Waals surface area contributed by atoms with Crippen molar-refractivity contribution in [3.8, 4) is 10.6 Å². The van der Waals surface area contributed by atoms with Gasteiger partial charge in [-0.3, -0.25) is 4.79 Å². The smallest absolute Gasteiger partial charge is 0.278 e. The first kappa shape index (κ1) is 13.5. The van der Waals surface area contributed by atoms with Crippen LogP contribution in [0.4, 0.5) is 10.1 Å². The number of halogens is 1. The summed E-state index contributed by atoms with van der Waals surface area (Å²) < 4.78 is 18.9. The van der Waals surface area contributed by atoms with Gasteiger partial charge in [0.15, 0.2) is 17.8 Å². The summed E-state index contributed by atoms with van der Waals surface area (Å²) in [4.78, 5) is 18.1. The first-order valence-corrected chi connectivity index (χ1v) is 7.03. The van der Waals surface area contributed by atoms with E-state index in [0.717, 1.165) is 9.75 Å². The maximum Gasteiger partial charge on any atom is 0.278 e. The van der Waals surface area contributed by atoms with Crippen molar-refractivity contribution in [1.29, 1.82) is 0 Å². The number of rotatable bonds is 3. The molecule has 1 aromatic carbocycles. The molecule has 1 N–H and O–H groups in total. The highest BCUT2D eigenvalue weighted by Crippen LogP contribution is 2.30. The number of aromatic nitrogens is 1. The van der Waals surface area contributed by atoms with Gasteiger partial charge in [-0.2, -0.15) is 0 Å². The predicted molar refractivity (Wildman–Crippen MR) is 78.9 cm³/mol. The van der Waals surface area contributed by atoms with Crippen molar-refractivity contribution in [3.63, 3.8) is 0 Å². The Labute approximate surface area is 124 Å². The van der Waals surface area contributed by atoms with Gasteiger partial charge in [-0.05, 0) is 31.2 Å². The lowest BCUT2D eigenvalue weighted by Gasteiger charge is -2.04. The summed E-state index contributed by atoms with van der Waals surface area (Å²) in [5.41, 5.74) is 0.249. The van der Waals surface area contributed by atoms with Crippen LogP contribution in [0, 0.1) is 12.7 Å². The third-order valence-corrected chi connectivity index (χ3v) is 3.87. The van der Waals surface area contributed by atoms with E-state index in [2.05, 4.69) is 10.3 Å². The second-order valence-electron chi connectivity index (χ2n) is 4.37. The zero-order valence-electron chi connectivity index (χ0n) is 11.1. The van der Waals surface area contributed by atoms with Crippen LogP contribution in [-0.4, -0.2) is 10.9 Å². The molecule has 106 valence electrons. The maximum atomic E-state index is 13.6. The van der Waals surface area contributed by atoms with Gasteiger partial charge in [0.1, 0.15) is 5.82 Å². The molecule has 0 bridgehead atoms. The Morgan fingerprint density at radius 3 is 2.81 bits per heavy atom. The lowest BCUT2D eigenvalue weighted by atomic mass is 10.2. The monoisotopic (exact) mass is 302 g/mol. The van der Waals surface area contributed by atoms with Crippen LogP contribution in [0.3, 0.4) is 0 Å². The molecule has 0 aliphatic carbocycles. The summed E-state index contributed by atoms with van der Waals surface area (Å²) in [6, 6.07) is 9.76. The molecule has 0 aliphatic heterocycles. The average Bonchev–Trinajstić information content (AvgIpc) is 3.09. The van der Waals surface area contributed by atoms with E-state index in [1.807, 2.05) is 19.1 Å². The topological polar surface area (TPSA) is 55.1 Å². The molecule has 0 saturated carbocycles. The van der Waals surface area contributed by atoms with Crippen molar-refractivity contribution in [2.75, 3.05) is 5.32 Å². The van der Waals surface area contributed by atoms with Gasteiger partial charge in [-0.1, -0.05) is 12.1 Å². The van der Waals surface area contributed by atoms with E-state index in [4.69, 9.17) is 4.42 Å². The molecule has 0 unspecified atom stereocenters. The second kappa shape index (κ2) is 5.49. The van der Waals surface area contributed by atoms with Crippen LogP contribution in [0.2, 0.25) is 0 Å². The van der Waals surface area contributed by atoms with Crippen molar-refractivity contribution < 1.29 is 13.6 Å². The largest absolute Gasteiger partial charge is 0.442 e. The van der Waals surface area contributed by atoms with Crippen molar-refractivity contribution in [3.05, 3.63) is 59.2 Å². The standard InChI is InChI=1S/C15H11FN2O2S/c1-9-6-7-12(21-9)14-13(17-8-20-14)15(19)18-11-5-3-2-4-10(11)16/h2-8H,1H3,(H,18,19). The molecule has 0 saturated heterocycles. The number of anilines is 1. The molecule has 0 fully saturated rings. The first-order valence-electron chi connectivity index (χ1n) is 6.21. The van der Waals surface area contributed by atoms with Crippen molar-refractivity contribution >= 4 is 22.9 Å². The minimum Gasteiger partial charge on any atom is -0.442 e. The number of para-hydroxylation sites is 1. The molecule has 3 aromatic rings. The number of benzene rings is 1. The second-order valence-corrected chi connectivity index (χ2v) is 5.66. The summed E-state index contributed by atoms with van der Waals surface area (Å²) in [5, 5.41) is 2.50. The van der Waals surface area contributed by atoms with Gasteiger partial charge >= 0.3 is 0 Å². The molecular formula is C15H11FN2O2S. The number of nitrogens with one attached hydrogen (secondary N) is 1. The number of amides is 1. The van der Waals surface area contributed by atoms with Gasteiger partial charge in [0.25, 0.3) is 5.91 Å². The number of carbonyl (C=O) groups excluding carboxylic acids is 1. The molecule has 6 heteroatoms. The lowest BCUT2D eigenvalue weighted by Crippen LogP contribution is -2.14. The molecule has 0 radical (unpaired) electrons. The predicted octanol–water partition coefficient (Wildman–Crippen LogP) is 4.10. The van der Waals surface area contributed by atoms with Crippen LogP contribution < -0.4 is 5.32 Å². The zero-order chi connectivity index (χ0) is 14.8. The number of nitrogens with zero attached hydrogens (tertiary/aromatic N) is 1. The molecule has 2 aromatic heterocycles. The van der Waals surface area contributed by atoms with Gasteiger partial charge in [-0.15, -0.1) is 11.3 Å². The minimum absolute atomic E-state index is 0.110. The third kappa shape index (κ3) is 2.71. The van der Waals surface area contributed by atoms with Crippen LogP contribution in [0.25, 0.3) is 10.6 Å². The maximum absolute atomic E-state index is 13.6. The number of aryl methyl sites for hydroxylation is 1. The Bertz CT molecular complexity index is 794. The lowest BCUT2D eigenvalue weighted by molar-refractivity contribution is 0.102. The highest BCUT2D eigenvalue weighted by atomic mass is 32.1. The van der Waals surface area contributed by atoms with Crippen molar-refractivity contribution in [1.82, 2.24) is 4.98 Å². The Morgan fingerprint density at radius 1 is 1.29 bits per heavy atom. The molecule has 2 heterocycles. The van der Waals surface area contributed by atoms with E-state index in [9.17, 15) is 9.18 Å². The summed E-state index contributed by atoms with van der Waals surface area (Å²) in [7, 11) is 0. The summed E-state index contributed by atoms with van der Waals surface area (Å²) in [6.07, 6.45) is 1.21. The molecule has 1 amide bonds. The van der Waals surface area contributed by atoms with Gasteiger partial charge in [0, 0.05) is 4.88 Å². The number of carbonyl (C=O) groups is 1. The van der Waals surface area contributed by atoms with Gasteiger partial charge in [0.05, 0.1) is 10.6 Å². The van der Waals surface area contributed by atoms with Crippen LogP contribution in [0.1, 0.15) is 15.4 Å². The molecule has 0 spiro atoms. The van der Waals surface area contributed by atoms with Crippen LogP contribution in [0.5, 0.6) is 0 Å². The number of hydrogen-bond acceptors (Lipinski definition) is 4. The summed E-state index contributed by atoms with van der Waals surface area (Å²) >= 11 is 1.50. The minimum atomic E-state index is -0.505. The Balaban J connectivity index is 1.90. The Hall–Kier alpha value is -2.47. The third-order valence-electron chi connectivity index (χ3n) is 2.87. The van der Waals surface area contributed by atoms with Crippen LogP contribution in [-0.2, 0) is 0 Å². The van der Waals surface area contributed by atoms with E-state index in [0.29, 0.717) is 5.76 Å². The van der Waals surface area contributed by atoms with Crippen molar-refractivity contribution in [2.24, 2.45) is 0 Å². The molecule has 4 nitrogen and oxygen atoms in total. The number of oxazole rings is 1. The number of thiophene rings is 1. The highest BCUT2D eigenvalue weighted by Gasteiger charge is 2.20. The van der Waals surface area contributed by atoms with Gasteiger partial charge < -0.3 is 9.73 Å². The summed E-state index contributed by atoms with van der Waals surface area (Å²) in [5.74, 6) is -0.611. The van der Waals surface area contributed by atoms with Gasteiger partial charge in [-0.25, -0.2) is 9.37 Å². The molecule has 0 atom stereocenters. The molecule has 3 rings (SSSR count). The van der Waals surface area contributed by atoms with E-state index in [-0.39, 0.29) is 11.4 Å². The zero-order valence-corrected chi connectivity index (χ0v) is 11.9. The quantitative estimate of drug-likeness (QED) is 0.792. The SMILES string of the molecule is Cc1ccc(-c2ocnc2C(=O)Nc2ccccc2F)s1. The highest BCUT2D eigenvalue weighted by molar-refractivity contribution is 7.15. The van der Waals surface area contributed by atoms with E-state index in [1.54, 1.807) is 12.1 Å². The molecule has 21 heavy (non-hydrogen) atoms. The van der Waals surface area contributed by atoms with Gasteiger partial charge in [0.2, 0.25) is 0 Å². The molecular weight excluding hydrogens is 291 g/mol. The first-order chi connectivity index (χ1) is 10.1. The fourth-order valence-corrected chi connectivity index (χ4v) is 2.74. The van der Waals surface area contributed by atoms with Crippen molar-refractivity contribution in [2.45, 2.75) is 6.92 Å². The van der Waals surface area contributed by atoms with Crippen LogP contribution >= 0.6 is 11.3 Å². The fourth-order valence-electron chi connectivity index (χ4n) is 1.88. The Morgan fingerprint density at radius 2 is 2.10 bits per heavy atom. The molecule has 0 aliphatic rings. The Kier molecular flexibility index (Phi) is 3.53. The van der Waals surface area contributed by atoms with E-state index in [1.165, 1.54) is 29.9 Å². The summed E-state index contributed by atoms with van der Waals surface area (Å²) in [6.45, 7) is 1.96. The van der Waals surface area contributed by atoms with E-state index < -0.39 is 11.7 Å². The van der Waals surface area contributed by atoms with Crippen LogP contribution in [0.15, 0.2) is 47.2 Å². The number of hydrogen-bond donors (Lipinski definition) is 1.